The number of benzene rings is 2. The molecule has 2 rings (SSSR count). The predicted octanol–water partition coefficient (Wildman–Crippen LogP) is 6.14. The Kier molecular flexibility index (Phi) is 6.12. The van der Waals surface area contributed by atoms with Gasteiger partial charge in [-0.25, -0.2) is 22.0 Å². The SMILES string of the molecule is CCC/C(F)=C\c1cc(F)c(CCc2ccc(F)c(F)c2)c(F)c1. The standard InChI is InChI=1S/C19H17F5/c1-2-3-14(20)8-13-10-17(22)15(18(23)11-13)6-4-12-5-7-16(21)19(24)9-12/h5,7-11H,2-4,6H2,1H3/b14-8+. The topological polar surface area (TPSA) is 0 Å². The van der Waals surface area contributed by atoms with Gasteiger partial charge in [-0.3, -0.25) is 0 Å². The van der Waals surface area contributed by atoms with Crippen LogP contribution in [0.15, 0.2) is 36.2 Å². The third-order valence-electron chi connectivity index (χ3n) is 3.62. The summed E-state index contributed by atoms with van der Waals surface area (Å²) in [7, 11) is 0. The Morgan fingerprint density at radius 1 is 0.875 bits per heavy atom. The highest BCUT2D eigenvalue weighted by atomic mass is 19.2. The van der Waals surface area contributed by atoms with Gasteiger partial charge in [0, 0.05) is 5.56 Å². The van der Waals surface area contributed by atoms with Crippen LogP contribution in [0.25, 0.3) is 6.08 Å². The normalized spacial score (nSPS) is 11.8. The largest absolute Gasteiger partial charge is 0.212 e. The van der Waals surface area contributed by atoms with E-state index in [2.05, 4.69) is 0 Å². The Morgan fingerprint density at radius 3 is 2.12 bits per heavy atom. The number of hydrogen-bond acceptors (Lipinski definition) is 0. The minimum absolute atomic E-state index is 0.00975. The van der Waals surface area contributed by atoms with Crippen LogP contribution < -0.4 is 0 Å². The van der Waals surface area contributed by atoms with E-state index >= 15 is 0 Å². The van der Waals surface area contributed by atoms with Gasteiger partial charge in [0.25, 0.3) is 0 Å². The number of rotatable bonds is 6. The van der Waals surface area contributed by atoms with Crippen LogP contribution in [-0.2, 0) is 12.8 Å². The number of hydrogen-bond donors (Lipinski definition) is 0. The molecule has 2 aromatic rings. The van der Waals surface area contributed by atoms with E-state index in [9.17, 15) is 22.0 Å². The van der Waals surface area contributed by atoms with Crippen LogP contribution >= 0.6 is 0 Å². The van der Waals surface area contributed by atoms with Gasteiger partial charge in [0.2, 0.25) is 0 Å². The molecule has 0 heterocycles. The van der Waals surface area contributed by atoms with Gasteiger partial charge in [0.1, 0.15) is 17.5 Å². The molecule has 0 amide bonds. The first-order valence-corrected chi connectivity index (χ1v) is 7.68. The molecular formula is C19H17F5. The van der Waals surface area contributed by atoms with Crippen LogP contribution in [0.3, 0.4) is 0 Å². The van der Waals surface area contributed by atoms with Crippen molar-refractivity contribution in [3.63, 3.8) is 0 Å². The number of allylic oxidation sites excluding steroid dienone is 1. The molecule has 0 saturated carbocycles. The molecular weight excluding hydrogens is 323 g/mol. The highest BCUT2D eigenvalue weighted by Gasteiger charge is 2.12. The third-order valence-corrected chi connectivity index (χ3v) is 3.62. The first kappa shape index (κ1) is 18.2. The monoisotopic (exact) mass is 340 g/mol. The summed E-state index contributed by atoms with van der Waals surface area (Å²) in [5, 5.41) is 0. The van der Waals surface area contributed by atoms with E-state index in [1.165, 1.54) is 6.07 Å². The van der Waals surface area contributed by atoms with Crippen molar-refractivity contribution in [1.29, 1.82) is 0 Å². The zero-order valence-corrected chi connectivity index (χ0v) is 13.2. The van der Waals surface area contributed by atoms with Crippen molar-refractivity contribution >= 4 is 6.08 Å². The van der Waals surface area contributed by atoms with E-state index in [1.54, 1.807) is 6.92 Å². The third kappa shape index (κ3) is 4.66. The maximum absolute atomic E-state index is 14.1. The molecule has 24 heavy (non-hydrogen) atoms. The number of aryl methyl sites for hydroxylation is 1. The molecule has 0 N–H and O–H groups in total. The van der Waals surface area contributed by atoms with Crippen LogP contribution in [0.1, 0.15) is 36.5 Å². The quantitative estimate of drug-likeness (QED) is 0.554. The fraction of sp³-hybridized carbons (Fsp3) is 0.263. The Bertz CT molecular complexity index is 726. The lowest BCUT2D eigenvalue weighted by atomic mass is 10.0. The highest BCUT2D eigenvalue weighted by molar-refractivity contribution is 5.52. The molecule has 0 radical (unpaired) electrons. The van der Waals surface area contributed by atoms with E-state index < -0.39 is 29.1 Å². The Labute approximate surface area is 137 Å². The molecule has 0 saturated heterocycles. The minimum Gasteiger partial charge on any atom is -0.212 e. The van der Waals surface area contributed by atoms with Crippen molar-refractivity contribution in [3.8, 4) is 0 Å². The summed E-state index contributed by atoms with van der Waals surface area (Å²) in [4.78, 5) is 0. The van der Waals surface area contributed by atoms with E-state index in [0.29, 0.717) is 12.0 Å². The van der Waals surface area contributed by atoms with Crippen LogP contribution in [0.2, 0.25) is 0 Å². The Hall–Kier alpha value is -2.17. The smallest absolute Gasteiger partial charge is 0.159 e. The van der Waals surface area contributed by atoms with Gasteiger partial charge in [-0.05, 0) is 67.2 Å². The van der Waals surface area contributed by atoms with Gasteiger partial charge >= 0.3 is 0 Å². The fourth-order valence-electron chi connectivity index (χ4n) is 2.40. The second kappa shape index (κ2) is 8.08. The van der Waals surface area contributed by atoms with E-state index in [0.717, 1.165) is 30.3 Å². The number of halogens is 5. The molecule has 0 fully saturated rings. The summed E-state index contributed by atoms with van der Waals surface area (Å²) in [6.07, 6.45) is 2.06. The van der Waals surface area contributed by atoms with Crippen molar-refractivity contribution < 1.29 is 22.0 Å². The second-order valence-corrected chi connectivity index (χ2v) is 5.55. The van der Waals surface area contributed by atoms with Crippen LogP contribution in [0.4, 0.5) is 22.0 Å². The summed E-state index contributed by atoms with van der Waals surface area (Å²) < 4.78 is 67.6. The average Bonchev–Trinajstić information content (AvgIpc) is 2.50. The molecule has 0 bridgehead atoms. The molecule has 0 atom stereocenters. The van der Waals surface area contributed by atoms with Crippen LogP contribution in [0, 0.1) is 23.3 Å². The van der Waals surface area contributed by atoms with Gasteiger partial charge in [0.15, 0.2) is 11.6 Å². The van der Waals surface area contributed by atoms with Crippen molar-refractivity contribution in [2.45, 2.75) is 32.6 Å². The van der Waals surface area contributed by atoms with Gasteiger partial charge < -0.3 is 0 Å². The van der Waals surface area contributed by atoms with Gasteiger partial charge in [-0.15, -0.1) is 0 Å². The second-order valence-electron chi connectivity index (χ2n) is 5.55. The average molecular weight is 340 g/mol. The first-order valence-electron chi connectivity index (χ1n) is 7.68. The fourth-order valence-corrected chi connectivity index (χ4v) is 2.40. The lowest BCUT2D eigenvalue weighted by Crippen LogP contribution is -2.00. The summed E-state index contributed by atoms with van der Waals surface area (Å²) in [5.74, 6) is -3.98. The molecule has 5 heteroatoms. The molecule has 2 aromatic carbocycles. The molecule has 0 nitrogen and oxygen atoms in total. The zero-order valence-electron chi connectivity index (χ0n) is 13.2. The van der Waals surface area contributed by atoms with Gasteiger partial charge in [0.05, 0.1) is 0 Å². The Morgan fingerprint density at radius 2 is 1.54 bits per heavy atom. The molecule has 0 unspecified atom stereocenters. The van der Waals surface area contributed by atoms with E-state index in [1.807, 2.05) is 0 Å². The highest BCUT2D eigenvalue weighted by Crippen LogP contribution is 2.21. The lowest BCUT2D eigenvalue weighted by molar-refractivity contribution is 0.506. The minimum atomic E-state index is -1.000. The summed E-state index contributed by atoms with van der Waals surface area (Å²) in [5.41, 5.74) is 0.394. The Balaban J connectivity index is 2.16. The molecule has 0 spiro atoms. The van der Waals surface area contributed by atoms with Crippen molar-refractivity contribution in [1.82, 2.24) is 0 Å². The summed E-state index contributed by atoms with van der Waals surface area (Å²) in [6, 6.07) is 5.48. The maximum atomic E-state index is 14.1. The maximum Gasteiger partial charge on any atom is 0.159 e. The molecule has 0 aliphatic heterocycles. The molecule has 128 valence electrons. The lowest BCUT2D eigenvalue weighted by Gasteiger charge is -2.07. The van der Waals surface area contributed by atoms with E-state index in [4.69, 9.17) is 0 Å². The van der Waals surface area contributed by atoms with Crippen molar-refractivity contribution in [2.75, 3.05) is 0 Å². The molecule has 0 aliphatic rings. The summed E-state index contributed by atoms with van der Waals surface area (Å²) >= 11 is 0. The van der Waals surface area contributed by atoms with Gasteiger partial charge in [-0.2, -0.15) is 0 Å². The van der Waals surface area contributed by atoms with Gasteiger partial charge in [-0.1, -0.05) is 13.0 Å². The zero-order chi connectivity index (χ0) is 17.7. The molecule has 0 aliphatic carbocycles. The first-order chi connectivity index (χ1) is 11.4. The van der Waals surface area contributed by atoms with Crippen molar-refractivity contribution in [3.05, 3.63) is 76.1 Å². The molecule has 0 aromatic heterocycles. The summed E-state index contributed by atoms with van der Waals surface area (Å²) in [6.45, 7) is 1.80. The van der Waals surface area contributed by atoms with E-state index in [-0.39, 0.29) is 30.4 Å². The van der Waals surface area contributed by atoms with Crippen LogP contribution in [0.5, 0.6) is 0 Å². The predicted molar refractivity (Wildman–Crippen MR) is 84.1 cm³/mol. The van der Waals surface area contributed by atoms with Crippen molar-refractivity contribution in [2.24, 2.45) is 0 Å². The van der Waals surface area contributed by atoms with Crippen LogP contribution in [-0.4, -0.2) is 0 Å².